The summed E-state index contributed by atoms with van der Waals surface area (Å²) in [6.07, 6.45) is 2.98. The molecule has 182 valence electrons. The average Bonchev–Trinajstić information content (AvgIpc) is 3.13. The third kappa shape index (κ3) is 3.41. The van der Waals surface area contributed by atoms with Gasteiger partial charge in [-0.25, -0.2) is 12.7 Å². The van der Waals surface area contributed by atoms with Crippen molar-refractivity contribution in [1.29, 1.82) is 0 Å². The van der Waals surface area contributed by atoms with E-state index in [9.17, 15) is 13.2 Å². The second-order valence-electron chi connectivity index (χ2n) is 12.2. The fraction of sp³-hybridized carbons (Fsp3) is 0.870. The van der Waals surface area contributed by atoms with Crippen LogP contribution in [0, 0.1) is 16.7 Å². The number of rotatable bonds is 4. The van der Waals surface area contributed by atoms with Crippen molar-refractivity contribution in [2.24, 2.45) is 16.7 Å². The van der Waals surface area contributed by atoms with Gasteiger partial charge in [-0.2, -0.15) is 0 Å². The van der Waals surface area contributed by atoms with Crippen molar-refractivity contribution in [1.82, 2.24) is 4.31 Å². The molecule has 0 aromatic heterocycles. The van der Waals surface area contributed by atoms with Crippen LogP contribution in [0.25, 0.3) is 0 Å². The van der Waals surface area contributed by atoms with E-state index in [4.69, 9.17) is 13.9 Å². The fourth-order valence-corrected chi connectivity index (χ4v) is 9.88. The van der Waals surface area contributed by atoms with Crippen LogP contribution >= 0.6 is 0 Å². The first-order valence-corrected chi connectivity index (χ1v) is 16.2. The monoisotopic (exact) mass is 485 g/mol. The zero-order chi connectivity index (χ0) is 23.9. The molecule has 9 heteroatoms. The summed E-state index contributed by atoms with van der Waals surface area (Å²) in [7, 11) is -4.32. The number of nitrogens with zero attached hydrogens (tertiary/aromatic N) is 1. The molecule has 0 radical (unpaired) electrons. The van der Waals surface area contributed by atoms with Crippen molar-refractivity contribution >= 4 is 24.2 Å². The van der Waals surface area contributed by atoms with E-state index in [1.807, 2.05) is 0 Å². The summed E-state index contributed by atoms with van der Waals surface area (Å²) in [5, 5.41) is -0.00639. The third-order valence-electron chi connectivity index (χ3n) is 9.34. The van der Waals surface area contributed by atoms with Crippen molar-refractivity contribution in [3.8, 4) is 0 Å². The smallest absolute Gasteiger partial charge is 0.266 e. The molecule has 4 aliphatic rings. The number of sulfonamides is 1. The lowest BCUT2D eigenvalue weighted by Crippen LogP contribution is -2.50. The van der Waals surface area contributed by atoms with Crippen LogP contribution in [0.2, 0.25) is 18.1 Å². The van der Waals surface area contributed by atoms with E-state index in [-0.39, 0.29) is 34.1 Å². The van der Waals surface area contributed by atoms with Crippen LogP contribution in [-0.4, -0.2) is 58.2 Å². The summed E-state index contributed by atoms with van der Waals surface area (Å²) in [4.78, 5) is 13.7. The molecular weight excluding hydrogens is 446 g/mol. The highest BCUT2D eigenvalue weighted by molar-refractivity contribution is 7.90. The summed E-state index contributed by atoms with van der Waals surface area (Å²) < 4.78 is 45.6. The number of fused-ring (bicyclic) bond motifs is 1. The topological polar surface area (TPSA) is 82.1 Å². The lowest BCUT2D eigenvalue weighted by molar-refractivity contribution is -0.168. The molecule has 0 aromatic carbocycles. The molecule has 2 aliphatic heterocycles. The van der Waals surface area contributed by atoms with E-state index in [0.29, 0.717) is 11.7 Å². The van der Waals surface area contributed by atoms with Gasteiger partial charge in [0, 0.05) is 25.0 Å². The molecule has 0 unspecified atom stereocenters. The van der Waals surface area contributed by atoms with Gasteiger partial charge in [-0.05, 0) is 48.7 Å². The Morgan fingerprint density at radius 1 is 1.28 bits per heavy atom. The molecule has 2 bridgehead atoms. The molecule has 1 spiro atoms. The van der Waals surface area contributed by atoms with E-state index in [2.05, 4.69) is 47.7 Å². The molecular formula is C23H39NO6SSi. The second-order valence-corrected chi connectivity index (χ2v) is 18.8. The summed E-state index contributed by atoms with van der Waals surface area (Å²) in [5.74, 6) is 0.702. The van der Waals surface area contributed by atoms with Crippen LogP contribution in [0.5, 0.6) is 0 Å². The highest BCUT2D eigenvalue weighted by Crippen LogP contribution is 2.70. The maximum atomic E-state index is 13.7. The van der Waals surface area contributed by atoms with Gasteiger partial charge in [-0.3, -0.25) is 4.79 Å². The average molecular weight is 486 g/mol. The van der Waals surface area contributed by atoms with Gasteiger partial charge in [-0.15, -0.1) is 0 Å². The number of methoxy groups -OCH3 is 1. The number of carbonyl (C=O) groups excluding carboxylic acids is 1. The quantitative estimate of drug-likeness (QED) is 0.560. The van der Waals surface area contributed by atoms with Gasteiger partial charge in [0.25, 0.3) is 5.91 Å². The lowest BCUT2D eigenvalue weighted by atomic mass is 9.69. The number of carbonyl (C=O) groups is 1. The van der Waals surface area contributed by atoms with Gasteiger partial charge in [0.1, 0.15) is 6.10 Å². The van der Waals surface area contributed by atoms with Gasteiger partial charge in [0.15, 0.2) is 6.29 Å². The van der Waals surface area contributed by atoms with Crippen LogP contribution in [0.15, 0.2) is 11.8 Å². The van der Waals surface area contributed by atoms with Crippen molar-refractivity contribution in [3.63, 3.8) is 0 Å². The van der Waals surface area contributed by atoms with Gasteiger partial charge in [-0.1, -0.05) is 34.6 Å². The number of hydrogen-bond donors (Lipinski definition) is 0. The van der Waals surface area contributed by atoms with Crippen LogP contribution < -0.4 is 0 Å². The number of hydrogen-bond acceptors (Lipinski definition) is 6. The minimum absolute atomic E-state index is 0.00639. The van der Waals surface area contributed by atoms with Crippen LogP contribution in [0.3, 0.4) is 0 Å². The molecule has 0 aromatic rings. The van der Waals surface area contributed by atoms with E-state index in [1.165, 1.54) is 11.4 Å². The molecule has 1 amide bonds. The second kappa shape index (κ2) is 7.30. The molecule has 1 saturated heterocycles. The lowest BCUT2D eigenvalue weighted by Gasteiger charge is -2.40. The van der Waals surface area contributed by atoms with Crippen LogP contribution in [-0.2, 0) is 28.7 Å². The predicted molar refractivity (Wildman–Crippen MR) is 125 cm³/mol. The zero-order valence-corrected chi connectivity index (χ0v) is 22.5. The molecule has 4 rings (SSSR count). The van der Waals surface area contributed by atoms with Crippen molar-refractivity contribution in [3.05, 3.63) is 11.8 Å². The highest BCUT2D eigenvalue weighted by Gasteiger charge is 2.72. The maximum absolute atomic E-state index is 13.7. The minimum Gasteiger partial charge on any atom is -0.546 e. The van der Waals surface area contributed by atoms with Crippen LogP contribution in [0.4, 0.5) is 0 Å². The van der Waals surface area contributed by atoms with Gasteiger partial charge in [0.05, 0.1) is 17.6 Å². The molecule has 7 nitrogen and oxygen atoms in total. The predicted octanol–water partition coefficient (Wildman–Crippen LogP) is 4.02. The Morgan fingerprint density at radius 2 is 1.94 bits per heavy atom. The molecule has 3 fully saturated rings. The molecule has 32 heavy (non-hydrogen) atoms. The molecule has 2 heterocycles. The van der Waals surface area contributed by atoms with Gasteiger partial charge in [0.2, 0.25) is 18.3 Å². The van der Waals surface area contributed by atoms with E-state index >= 15 is 0 Å². The summed E-state index contributed by atoms with van der Waals surface area (Å²) >= 11 is 0. The van der Waals surface area contributed by atoms with Crippen molar-refractivity contribution in [2.75, 3.05) is 12.9 Å². The van der Waals surface area contributed by atoms with Crippen LogP contribution in [0.1, 0.15) is 60.3 Å². The standard InChI is InChI=1S/C23H39NO6SSi/c1-21(2,3)32(7,8)30-16-12-17(29-19(13-16)28-6)20(25)24-18-11-15-9-10-23(18,22(15,4)5)14-31(24,26)27/h13,15,17-19H,9-12,14H2,1-8H3/t15-,17-,18-,19-,23-/m0/s1. The molecule has 2 saturated carbocycles. The Kier molecular flexibility index (Phi) is 5.52. The zero-order valence-electron chi connectivity index (χ0n) is 20.7. The maximum Gasteiger partial charge on any atom is 0.266 e. The van der Waals surface area contributed by atoms with E-state index in [1.54, 1.807) is 6.08 Å². The Morgan fingerprint density at radius 3 is 2.50 bits per heavy atom. The Hall–Kier alpha value is -0.903. The first-order valence-electron chi connectivity index (χ1n) is 11.7. The highest BCUT2D eigenvalue weighted by atomic mass is 32.2. The van der Waals surface area contributed by atoms with E-state index < -0.39 is 36.6 Å². The molecule has 0 N–H and O–H groups in total. The first-order chi connectivity index (χ1) is 14.6. The first kappa shape index (κ1) is 24.2. The largest absolute Gasteiger partial charge is 0.546 e. The molecule has 2 aliphatic carbocycles. The van der Waals surface area contributed by atoms with Crippen molar-refractivity contribution < 1.29 is 27.1 Å². The Labute approximate surface area is 194 Å². The summed E-state index contributed by atoms with van der Waals surface area (Å²) in [6.45, 7) is 15.1. The minimum atomic E-state index is -3.70. The molecule has 5 atom stereocenters. The number of ether oxygens (including phenoxy) is 2. The fourth-order valence-electron chi connectivity index (χ4n) is 6.20. The third-order valence-corrected chi connectivity index (χ3v) is 15.6. The Balaban J connectivity index is 1.60. The SMILES string of the molecule is CO[C@@H]1C=C(O[Si](C)(C)C(C)(C)C)C[C@@H](C(=O)N2[C@H]3C[C@@H]4CC[C@@]3(CS2(=O)=O)C4(C)C)O1. The van der Waals surface area contributed by atoms with Gasteiger partial charge < -0.3 is 13.9 Å². The number of amides is 1. The van der Waals surface area contributed by atoms with E-state index in [0.717, 1.165) is 19.3 Å². The summed E-state index contributed by atoms with van der Waals surface area (Å²) in [5.41, 5.74) is -0.434. The van der Waals surface area contributed by atoms with Crippen molar-refractivity contribution in [2.45, 2.75) is 96.9 Å². The normalized spacial score (nSPS) is 37.9. The summed E-state index contributed by atoms with van der Waals surface area (Å²) in [6, 6.07) is -0.269. The van der Waals surface area contributed by atoms with Gasteiger partial charge >= 0.3 is 0 Å². The Bertz CT molecular complexity index is 937.